The Morgan fingerprint density at radius 1 is 1.20 bits per heavy atom. The van der Waals surface area contributed by atoms with Gasteiger partial charge in [0.05, 0.1) is 17.3 Å². The number of nitrogens with one attached hydrogen (secondary N) is 2. The van der Waals surface area contributed by atoms with Gasteiger partial charge in [0.2, 0.25) is 5.91 Å². The van der Waals surface area contributed by atoms with Crippen LogP contribution in [-0.2, 0) is 4.79 Å². The molecule has 0 saturated heterocycles. The molecule has 1 aromatic rings. The van der Waals surface area contributed by atoms with Crippen molar-refractivity contribution in [2.24, 2.45) is 5.92 Å². The van der Waals surface area contributed by atoms with E-state index in [1.54, 1.807) is 0 Å². The molecule has 80 valence electrons. The Morgan fingerprint density at radius 3 is 2.47 bits per heavy atom. The first kappa shape index (κ1) is 10.0. The van der Waals surface area contributed by atoms with Crippen LogP contribution in [0.1, 0.15) is 18.1 Å². The molecule has 1 unspecified atom stereocenters. The minimum absolute atomic E-state index is 0.0120. The van der Waals surface area contributed by atoms with Crippen LogP contribution in [0, 0.1) is 19.8 Å². The fourth-order valence-electron chi connectivity index (χ4n) is 1.68. The van der Waals surface area contributed by atoms with Crippen molar-refractivity contribution < 1.29 is 4.79 Å². The van der Waals surface area contributed by atoms with Crippen molar-refractivity contribution in [1.82, 2.24) is 0 Å². The van der Waals surface area contributed by atoms with E-state index in [1.807, 2.05) is 13.0 Å². The summed E-state index contributed by atoms with van der Waals surface area (Å²) in [6, 6.07) is 4.11. The lowest BCUT2D eigenvalue weighted by atomic mass is 10.1. The quantitative estimate of drug-likeness (QED) is 0.681. The topological polar surface area (TPSA) is 41.1 Å². The van der Waals surface area contributed by atoms with Gasteiger partial charge < -0.3 is 10.6 Å². The smallest absolute Gasteiger partial charge is 0.229 e. The SMILES string of the molecule is Cc1cc2c(cc1C)NC(=O)C(C)CN2. The lowest BCUT2D eigenvalue weighted by molar-refractivity contribution is -0.118. The summed E-state index contributed by atoms with van der Waals surface area (Å²) in [6.07, 6.45) is 0. The summed E-state index contributed by atoms with van der Waals surface area (Å²) < 4.78 is 0. The Hall–Kier alpha value is -1.51. The summed E-state index contributed by atoms with van der Waals surface area (Å²) in [5.74, 6) is 0.0996. The van der Waals surface area contributed by atoms with E-state index in [-0.39, 0.29) is 11.8 Å². The van der Waals surface area contributed by atoms with Crippen molar-refractivity contribution in [1.29, 1.82) is 0 Å². The van der Waals surface area contributed by atoms with E-state index in [9.17, 15) is 4.79 Å². The molecule has 0 aromatic heterocycles. The van der Waals surface area contributed by atoms with Gasteiger partial charge in [0.25, 0.3) is 0 Å². The maximum Gasteiger partial charge on any atom is 0.229 e. The molecule has 15 heavy (non-hydrogen) atoms. The van der Waals surface area contributed by atoms with E-state index in [4.69, 9.17) is 0 Å². The molecular formula is C12H16N2O. The molecule has 1 amide bonds. The fraction of sp³-hybridized carbons (Fsp3) is 0.417. The van der Waals surface area contributed by atoms with Crippen molar-refractivity contribution in [2.75, 3.05) is 17.2 Å². The van der Waals surface area contributed by atoms with Gasteiger partial charge in [-0.15, -0.1) is 0 Å². The molecule has 0 fully saturated rings. The zero-order chi connectivity index (χ0) is 11.0. The van der Waals surface area contributed by atoms with Crippen molar-refractivity contribution in [3.8, 4) is 0 Å². The lowest BCUT2D eigenvalue weighted by Gasteiger charge is -2.10. The number of carbonyl (C=O) groups is 1. The molecule has 0 bridgehead atoms. The highest BCUT2D eigenvalue weighted by atomic mass is 16.1. The van der Waals surface area contributed by atoms with Gasteiger partial charge in [-0.05, 0) is 37.1 Å². The van der Waals surface area contributed by atoms with Crippen LogP contribution in [0.2, 0.25) is 0 Å². The van der Waals surface area contributed by atoms with E-state index >= 15 is 0 Å². The highest BCUT2D eigenvalue weighted by Crippen LogP contribution is 2.28. The molecule has 0 aliphatic carbocycles. The Bertz CT molecular complexity index is 412. The maximum atomic E-state index is 11.6. The number of aryl methyl sites for hydroxylation is 2. The number of hydrogen-bond acceptors (Lipinski definition) is 2. The Balaban J connectivity index is 2.43. The number of benzene rings is 1. The molecule has 1 heterocycles. The second-order valence-electron chi connectivity index (χ2n) is 4.25. The van der Waals surface area contributed by atoms with Crippen LogP contribution in [0.3, 0.4) is 0 Å². The van der Waals surface area contributed by atoms with Crippen molar-refractivity contribution in [2.45, 2.75) is 20.8 Å². The number of anilines is 2. The first-order chi connectivity index (χ1) is 7.08. The number of hydrogen-bond donors (Lipinski definition) is 2. The molecule has 3 nitrogen and oxygen atoms in total. The molecule has 1 aromatic carbocycles. The van der Waals surface area contributed by atoms with E-state index < -0.39 is 0 Å². The monoisotopic (exact) mass is 204 g/mol. The highest BCUT2D eigenvalue weighted by Gasteiger charge is 2.19. The van der Waals surface area contributed by atoms with Crippen LogP contribution in [0.15, 0.2) is 12.1 Å². The molecule has 2 N–H and O–H groups in total. The van der Waals surface area contributed by atoms with Gasteiger partial charge in [-0.3, -0.25) is 4.79 Å². The first-order valence-electron chi connectivity index (χ1n) is 5.24. The first-order valence-corrected chi connectivity index (χ1v) is 5.24. The molecule has 1 aliphatic rings. The van der Waals surface area contributed by atoms with Crippen LogP contribution < -0.4 is 10.6 Å². The predicted octanol–water partition coefficient (Wildman–Crippen LogP) is 2.30. The largest absolute Gasteiger partial charge is 0.383 e. The molecular weight excluding hydrogens is 188 g/mol. The highest BCUT2D eigenvalue weighted by molar-refractivity contribution is 5.97. The third-order valence-corrected chi connectivity index (χ3v) is 2.94. The number of carbonyl (C=O) groups excluding carboxylic acids is 1. The molecule has 3 heteroatoms. The number of rotatable bonds is 0. The van der Waals surface area contributed by atoms with Crippen LogP contribution >= 0.6 is 0 Å². The molecule has 0 spiro atoms. The average Bonchev–Trinajstić information content (AvgIpc) is 2.31. The van der Waals surface area contributed by atoms with E-state index in [0.29, 0.717) is 6.54 Å². The number of amides is 1. The molecule has 0 radical (unpaired) electrons. The van der Waals surface area contributed by atoms with Gasteiger partial charge in [-0.2, -0.15) is 0 Å². The van der Waals surface area contributed by atoms with Crippen LogP contribution in [-0.4, -0.2) is 12.5 Å². The minimum Gasteiger partial charge on any atom is -0.383 e. The Kier molecular flexibility index (Phi) is 2.39. The molecule has 0 saturated carbocycles. The number of fused-ring (bicyclic) bond motifs is 1. The summed E-state index contributed by atoms with van der Waals surface area (Å²) in [6.45, 7) is 6.75. The van der Waals surface area contributed by atoms with Crippen LogP contribution in [0.25, 0.3) is 0 Å². The van der Waals surface area contributed by atoms with E-state index in [0.717, 1.165) is 11.4 Å². The minimum atomic E-state index is 0.0120. The molecule has 1 atom stereocenters. The summed E-state index contributed by atoms with van der Waals surface area (Å²) in [7, 11) is 0. The summed E-state index contributed by atoms with van der Waals surface area (Å²) >= 11 is 0. The van der Waals surface area contributed by atoms with Crippen LogP contribution in [0.5, 0.6) is 0 Å². The Labute approximate surface area is 89.9 Å². The summed E-state index contributed by atoms with van der Waals surface area (Å²) in [5, 5.41) is 6.23. The van der Waals surface area contributed by atoms with E-state index in [1.165, 1.54) is 11.1 Å². The third kappa shape index (κ3) is 1.82. The van der Waals surface area contributed by atoms with Gasteiger partial charge in [0.1, 0.15) is 0 Å². The second kappa shape index (κ2) is 3.57. The summed E-state index contributed by atoms with van der Waals surface area (Å²) in [4.78, 5) is 11.6. The van der Waals surface area contributed by atoms with Gasteiger partial charge in [-0.1, -0.05) is 6.92 Å². The average molecular weight is 204 g/mol. The van der Waals surface area contributed by atoms with Gasteiger partial charge in [0.15, 0.2) is 0 Å². The van der Waals surface area contributed by atoms with Crippen LogP contribution in [0.4, 0.5) is 11.4 Å². The fourth-order valence-corrected chi connectivity index (χ4v) is 1.68. The van der Waals surface area contributed by atoms with Gasteiger partial charge >= 0.3 is 0 Å². The predicted molar refractivity (Wildman–Crippen MR) is 62.2 cm³/mol. The normalized spacial score (nSPS) is 19.9. The van der Waals surface area contributed by atoms with E-state index in [2.05, 4.69) is 30.5 Å². The lowest BCUT2D eigenvalue weighted by Crippen LogP contribution is -2.22. The standard InChI is InChI=1S/C12H16N2O/c1-7-4-10-11(5-8(7)2)14-12(15)9(3)6-13-10/h4-5,9,13H,6H2,1-3H3,(H,14,15). The van der Waals surface area contributed by atoms with Gasteiger partial charge in [0, 0.05) is 6.54 Å². The molecule has 2 rings (SSSR count). The van der Waals surface area contributed by atoms with Crippen molar-refractivity contribution in [3.05, 3.63) is 23.3 Å². The molecule has 1 aliphatic heterocycles. The summed E-state index contributed by atoms with van der Waals surface area (Å²) in [5.41, 5.74) is 4.36. The Morgan fingerprint density at radius 2 is 1.80 bits per heavy atom. The van der Waals surface area contributed by atoms with Crippen molar-refractivity contribution in [3.63, 3.8) is 0 Å². The zero-order valence-electron chi connectivity index (χ0n) is 9.35. The zero-order valence-corrected chi connectivity index (χ0v) is 9.35. The van der Waals surface area contributed by atoms with Gasteiger partial charge in [-0.25, -0.2) is 0 Å². The maximum absolute atomic E-state index is 11.6. The van der Waals surface area contributed by atoms with Crippen molar-refractivity contribution >= 4 is 17.3 Å². The second-order valence-corrected chi connectivity index (χ2v) is 4.25. The third-order valence-electron chi connectivity index (χ3n) is 2.94.